The fraction of sp³-hybridized carbons (Fsp3) is 0.0714. The molecule has 5 heteroatoms. The van der Waals surface area contributed by atoms with E-state index in [9.17, 15) is 0 Å². The molecule has 0 aliphatic rings. The van der Waals surface area contributed by atoms with Crippen molar-refractivity contribution in [1.82, 2.24) is 4.98 Å². The minimum atomic E-state index is 0.171. The molecular weight excluding hydrogens is 244 g/mol. The van der Waals surface area contributed by atoms with Gasteiger partial charge >= 0.3 is 6.08 Å². The van der Waals surface area contributed by atoms with Crippen LogP contribution in [0.25, 0.3) is 11.1 Å². The Balaban J connectivity index is 1.96. The molecule has 0 aliphatic heterocycles. The first-order valence-corrected chi connectivity index (χ1v) is 5.73. The molecule has 0 atom stereocenters. The van der Waals surface area contributed by atoms with Crippen molar-refractivity contribution in [2.24, 2.45) is 0 Å². The summed E-state index contributed by atoms with van der Waals surface area (Å²) >= 11 is 0. The number of aromatic nitrogens is 1. The number of fused-ring (bicyclic) bond motifs is 1. The van der Waals surface area contributed by atoms with E-state index in [-0.39, 0.29) is 6.08 Å². The first-order valence-electron chi connectivity index (χ1n) is 5.73. The van der Waals surface area contributed by atoms with Crippen molar-refractivity contribution in [3.63, 3.8) is 0 Å². The molecular formula is C14H12N2O3. The molecule has 2 aromatic carbocycles. The van der Waals surface area contributed by atoms with Gasteiger partial charge in [-0.3, -0.25) is 0 Å². The number of hydrogen-bond acceptors (Lipinski definition) is 5. The van der Waals surface area contributed by atoms with Crippen LogP contribution in [0.1, 0.15) is 0 Å². The van der Waals surface area contributed by atoms with Crippen molar-refractivity contribution in [2.45, 2.75) is 0 Å². The summed E-state index contributed by atoms with van der Waals surface area (Å²) < 4.78 is 16.3. The molecule has 2 N–H and O–H groups in total. The van der Waals surface area contributed by atoms with Crippen molar-refractivity contribution in [3.8, 4) is 17.6 Å². The van der Waals surface area contributed by atoms with Crippen LogP contribution in [0, 0.1) is 0 Å². The number of nitrogens with zero attached hydrogens (tertiary/aromatic N) is 1. The Morgan fingerprint density at radius 2 is 1.95 bits per heavy atom. The van der Waals surface area contributed by atoms with Gasteiger partial charge in [-0.05, 0) is 24.3 Å². The molecule has 1 aromatic heterocycles. The molecule has 0 spiro atoms. The summed E-state index contributed by atoms with van der Waals surface area (Å²) in [7, 11) is 1.55. The number of nitrogens with two attached hydrogens (primary N) is 1. The number of hydrogen-bond donors (Lipinski definition) is 1. The van der Waals surface area contributed by atoms with Gasteiger partial charge in [-0.2, -0.15) is 4.98 Å². The van der Waals surface area contributed by atoms with E-state index in [4.69, 9.17) is 19.6 Å². The lowest BCUT2D eigenvalue weighted by molar-refractivity contribution is 0.319. The van der Waals surface area contributed by atoms with Gasteiger partial charge in [-0.15, -0.1) is 0 Å². The van der Waals surface area contributed by atoms with Crippen molar-refractivity contribution < 1.29 is 13.9 Å². The quantitative estimate of drug-likeness (QED) is 0.728. The lowest BCUT2D eigenvalue weighted by atomic mass is 10.3. The average Bonchev–Trinajstić information content (AvgIpc) is 2.83. The molecule has 3 aromatic rings. The third-order valence-electron chi connectivity index (χ3n) is 2.66. The van der Waals surface area contributed by atoms with Crippen LogP contribution < -0.4 is 15.2 Å². The Morgan fingerprint density at radius 1 is 1.11 bits per heavy atom. The highest BCUT2D eigenvalue weighted by atomic mass is 16.6. The van der Waals surface area contributed by atoms with Crippen molar-refractivity contribution in [2.75, 3.05) is 12.8 Å². The van der Waals surface area contributed by atoms with Crippen molar-refractivity contribution in [1.29, 1.82) is 0 Å². The third-order valence-corrected chi connectivity index (χ3v) is 2.66. The number of benzene rings is 2. The Labute approximate surface area is 109 Å². The number of nitrogen functional groups attached to an aromatic ring is 1. The average molecular weight is 256 g/mol. The van der Waals surface area contributed by atoms with Gasteiger partial charge in [0, 0.05) is 11.8 Å². The van der Waals surface area contributed by atoms with E-state index in [1.807, 2.05) is 24.3 Å². The lowest BCUT2D eigenvalue weighted by Crippen LogP contribution is -1.92. The highest BCUT2D eigenvalue weighted by molar-refractivity contribution is 5.72. The standard InChI is InChI=1S/C14H12N2O3/c1-17-13-8-9(15)6-7-12(13)19-14-16-10-4-2-3-5-11(10)18-14/h2-8H,15H2,1H3. The van der Waals surface area contributed by atoms with E-state index >= 15 is 0 Å². The summed E-state index contributed by atoms with van der Waals surface area (Å²) in [5, 5.41) is 0. The number of anilines is 1. The van der Waals surface area contributed by atoms with Crippen LogP contribution in [0.5, 0.6) is 17.6 Å². The summed E-state index contributed by atoms with van der Waals surface area (Å²) in [6.45, 7) is 0. The molecule has 0 fully saturated rings. The molecule has 0 saturated heterocycles. The molecule has 0 bridgehead atoms. The third kappa shape index (κ3) is 2.18. The molecule has 5 nitrogen and oxygen atoms in total. The smallest absolute Gasteiger partial charge is 0.400 e. The minimum absolute atomic E-state index is 0.171. The zero-order valence-electron chi connectivity index (χ0n) is 10.3. The zero-order chi connectivity index (χ0) is 13.2. The summed E-state index contributed by atoms with van der Waals surface area (Å²) in [6.07, 6.45) is 0.171. The first-order chi connectivity index (χ1) is 9.26. The van der Waals surface area contributed by atoms with Crippen LogP contribution in [0.3, 0.4) is 0 Å². The van der Waals surface area contributed by atoms with Crippen molar-refractivity contribution in [3.05, 3.63) is 42.5 Å². The Kier molecular flexibility index (Phi) is 2.72. The molecule has 1 heterocycles. The van der Waals surface area contributed by atoms with Gasteiger partial charge in [0.2, 0.25) is 0 Å². The molecule has 96 valence electrons. The van der Waals surface area contributed by atoms with Gasteiger partial charge < -0.3 is 19.6 Å². The lowest BCUT2D eigenvalue weighted by Gasteiger charge is -2.07. The zero-order valence-corrected chi connectivity index (χ0v) is 10.3. The van der Waals surface area contributed by atoms with Crippen molar-refractivity contribution >= 4 is 16.8 Å². The second-order valence-electron chi connectivity index (χ2n) is 3.96. The second-order valence-corrected chi connectivity index (χ2v) is 3.96. The maximum atomic E-state index is 5.68. The maximum absolute atomic E-state index is 5.68. The first kappa shape index (κ1) is 11.4. The fourth-order valence-corrected chi connectivity index (χ4v) is 1.76. The molecule has 0 radical (unpaired) electrons. The van der Waals surface area contributed by atoms with Crippen LogP contribution in [0.15, 0.2) is 46.9 Å². The van der Waals surface area contributed by atoms with Crippen LogP contribution >= 0.6 is 0 Å². The largest absolute Gasteiger partial charge is 0.493 e. The Hall–Kier alpha value is -2.69. The van der Waals surface area contributed by atoms with E-state index in [0.29, 0.717) is 22.8 Å². The van der Waals surface area contributed by atoms with Crippen LogP contribution in [0.4, 0.5) is 5.69 Å². The van der Waals surface area contributed by atoms with E-state index in [1.165, 1.54) is 0 Å². The van der Waals surface area contributed by atoms with Gasteiger partial charge in [0.05, 0.1) is 7.11 Å². The molecule has 0 unspecified atom stereocenters. The highest BCUT2D eigenvalue weighted by Crippen LogP contribution is 2.33. The van der Waals surface area contributed by atoms with E-state index in [2.05, 4.69) is 4.98 Å². The maximum Gasteiger partial charge on any atom is 0.400 e. The fourth-order valence-electron chi connectivity index (χ4n) is 1.76. The van der Waals surface area contributed by atoms with Gasteiger partial charge in [0.15, 0.2) is 17.1 Å². The van der Waals surface area contributed by atoms with Gasteiger partial charge in [-0.25, -0.2) is 0 Å². The van der Waals surface area contributed by atoms with Gasteiger partial charge in [0.1, 0.15) is 5.52 Å². The summed E-state index contributed by atoms with van der Waals surface area (Å²) in [6, 6.07) is 12.6. The number of oxazole rings is 1. The summed E-state index contributed by atoms with van der Waals surface area (Å²) in [5.41, 5.74) is 7.70. The van der Waals surface area contributed by atoms with E-state index < -0.39 is 0 Å². The normalized spacial score (nSPS) is 10.6. The number of para-hydroxylation sites is 2. The molecule has 3 rings (SSSR count). The Morgan fingerprint density at radius 3 is 2.74 bits per heavy atom. The van der Waals surface area contributed by atoms with E-state index in [1.54, 1.807) is 25.3 Å². The van der Waals surface area contributed by atoms with E-state index in [0.717, 1.165) is 5.52 Å². The summed E-state index contributed by atoms with van der Waals surface area (Å²) in [5.74, 6) is 1.03. The van der Waals surface area contributed by atoms with Crippen LogP contribution in [-0.2, 0) is 0 Å². The summed E-state index contributed by atoms with van der Waals surface area (Å²) in [4.78, 5) is 4.23. The van der Waals surface area contributed by atoms with Crippen LogP contribution in [-0.4, -0.2) is 12.1 Å². The van der Waals surface area contributed by atoms with Crippen LogP contribution in [0.2, 0.25) is 0 Å². The van der Waals surface area contributed by atoms with Gasteiger partial charge in [-0.1, -0.05) is 12.1 Å². The molecule has 19 heavy (non-hydrogen) atoms. The van der Waals surface area contributed by atoms with Gasteiger partial charge in [0.25, 0.3) is 0 Å². The predicted molar refractivity (Wildman–Crippen MR) is 71.5 cm³/mol. The minimum Gasteiger partial charge on any atom is -0.493 e. The number of methoxy groups -OCH3 is 1. The molecule has 0 saturated carbocycles. The monoisotopic (exact) mass is 256 g/mol. The molecule has 0 amide bonds. The SMILES string of the molecule is COc1cc(N)ccc1Oc1nc2ccccc2o1. The topological polar surface area (TPSA) is 70.5 Å². The highest BCUT2D eigenvalue weighted by Gasteiger charge is 2.11. The second kappa shape index (κ2) is 4.53. The number of ether oxygens (including phenoxy) is 2. The molecule has 0 aliphatic carbocycles. The predicted octanol–water partition coefficient (Wildman–Crippen LogP) is 3.21. The number of rotatable bonds is 3. The Bertz CT molecular complexity index is 689.